The van der Waals surface area contributed by atoms with E-state index in [1.54, 1.807) is 49.9 Å². The highest BCUT2D eigenvalue weighted by molar-refractivity contribution is 5.92. The van der Waals surface area contributed by atoms with Gasteiger partial charge < -0.3 is 25.4 Å². The Morgan fingerprint density at radius 1 is 1.02 bits per heavy atom. The average molecular weight is 552 g/mol. The third kappa shape index (κ3) is 8.47. The second-order valence-corrected chi connectivity index (χ2v) is 11.7. The van der Waals surface area contributed by atoms with E-state index in [1.165, 1.54) is 6.42 Å². The number of phenolic OH excluding ortho intramolecular Hbond substituents is 1. The molecule has 1 aliphatic carbocycles. The molecule has 0 heterocycles. The van der Waals surface area contributed by atoms with E-state index in [4.69, 9.17) is 4.74 Å². The van der Waals surface area contributed by atoms with Crippen LogP contribution in [0.25, 0.3) is 0 Å². The number of benzene rings is 2. The Morgan fingerprint density at radius 2 is 1.68 bits per heavy atom. The lowest BCUT2D eigenvalue weighted by Gasteiger charge is -2.36. The number of ether oxygens (including phenoxy) is 1. The smallest absolute Gasteiger partial charge is 0.408 e. The highest BCUT2D eigenvalue weighted by atomic mass is 16.6. The van der Waals surface area contributed by atoms with E-state index in [9.17, 15) is 19.5 Å². The molecular formula is C32H45N3O5. The van der Waals surface area contributed by atoms with Crippen molar-refractivity contribution in [3.63, 3.8) is 0 Å². The predicted molar refractivity (Wildman–Crippen MR) is 156 cm³/mol. The molecule has 2 atom stereocenters. The molecule has 0 aliphatic heterocycles. The lowest BCUT2D eigenvalue weighted by molar-refractivity contribution is -0.142. The van der Waals surface area contributed by atoms with Gasteiger partial charge >= 0.3 is 6.09 Å². The van der Waals surface area contributed by atoms with E-state index in [-0.39, 0.29) is 36.6 Å². The largest absolute Gasteiger partial charge is 0.508 e. The molecule has 0 aromatic heterocycles. The highest BCUT2D eigenvalue weighted by Crippen LogP contribution is 2.29. The fourth-order valence-electron chi connectivity index (χ4n) is 5.23. The molecule has 8 nitrogen and oxygen atoms in total. The van der Waals surface area contributed by atoms with E-state index >= 15 is 0 Å². The summed E-state index contributed by atoms with van der Waals surface area (Å²) in [4.78, 5) is 42.6. The lowest BCUT2D eigenvalue weighted by atomic mass is 9.92. The summed E-state index contributed by atoms with van der Waals surface area (Å²) in [5.74, 6) is -0.487. The number of carbonyl (C=O) groups is 3. The van der Waals surface area contributed by atoms with Crippen LogP contribution in [0.4, 0.5) is 4.79 Å². The van der Waals surface area contributed by atoms with Gasteiger partial charge in [0.2, 0.25) is 11.8 Å². The monoisotopic (exact) mass is 551 g/mol. The van der Waals surface area contributed by atoms with Crippen molar-refractivity contribution in [2.45, 2.75) is 104 Å². The van der Waals surface area contributed by atoms with Gasteiger partial charge in [-0.1, -0.05) is 49.6 Å². The summed E-state index contributed by atoms with van der Waals surface area (Å²) in [6, 6.07) is 10.5. The first-order valence-corrected chi connectivity index (χ1v) is 14.3. The van der Waals surface area contributed by atoms with E-state index < -0.39 is 23.8 Å². The maximum Gasteiger partial charge on any atom is 0.408 e. The number of phenols is 1. The number of carbonyl (C=O) groups excluding carboxylic acids is 3. The number of alkyl carbamates (subject to hydrolysis) is 1. The first-order valence-electron chi connectivity index (χ1n) is 14.3. The van der Waals surface area contributed by atoms with Gasteiger partial charge in [0.15, 0.2) is 0 Å². The molecule has 8 heteroatoms. The molecule has 40 heavy (non-hydrogen) atoms. The van der Waals surface area contributed by atoms with Crippen LogP contribution in [0.5, 0.6) is 5.75 Å². The normalized spacial score (nSPS) is 15.6. The zero-order valence-electron chi connectivity index (χ0n) is 24.8. The van der Waals surface area contributed by atoms with Crippen LogP contribution in [-0.2, 0) is 20.7 Å². The topological polar surface area (TPSA) is 108 Å². The first-order chi connectivity index (χ1) is 18.9. The Hall–Kier alpha value is -3.55. The van der Waals surface area contributed by atoms with Gasteiger partial charge in [-0.25, -0.2) is 4.79 Å². The Morgan fingerprint density at radius 3 is 2.27 bits per heavy atom. The number of aromatic hydroxyl groups is 1. The van der Waals surface area contributed by atoms with Crippen LogP contribution in [0.15, 0.2) is 42.5 Å². The molecule has 2 unspecified atom stereocenters. The van der Waals surface area contributed by atoms with Crippen LogP contribution in [0.1, 0.15) is 88.1 Å². The third-order valence-corrected chi connectivity index (χ3v) is 7.44. The van der Waals surface area contributed by atoms with Crippen LogP contribution >= 0.6 is 0 Å². The minimum absolute atomic E-state index is 0.0790. The summed E-state index contributed by atoms with van der Waals surface area (Å²) in [5.41, 5.74) is 2.75. The molecule has 3 rings (SSSR count). The maximum absolute atomic E-state index is 14.3. The SMILES string of the molecule is CCN(C(=O)C(Cc1ccc(O)cc1)NC(=O)OC(C)(C)C)C(C(=O)NC1CCCCC1)c1cccc(C)c1C. The van der Waals surface area contributed by atoms with Gasteiger partial charge in [-0.2, -0.15) is 0 Å². The van der Waals surface area contributed by atoms with E-state index in [1.807, 2.05) is 39.0 Å². The van der Waals surface area contributed by atoms with Crippen molar-refractivity contribution in [3.8, 4) is 5.75 Å². The van der Waals surface area contributed by atoms with Crippen molar-refractivity contribution in [2.75, 3.05) is 6.54 Å². The molecule has 0 saturated heterocycles. The quantitative estimate of drug-likeness (QED) is 0.382. The van der Waals surface area contributed by atoms with Crippen LogP contribution < -0.4 is 10.6 Å². The predicted octanol–water partition coefficient (Wildman–Crippen LogP) is 5.48. The van der Waals surface area contributed by atoms with Crippen molar-refractivity contribution < 1.29 is 24.2 Å². The Bertz CT molecular complexity index is 1170. The minimum atomic E-state index is -0.991. The molecule has 1 saturated carbocycles. The number of amides is 3. The van der Waals surface area contributed by atoms with Crippen molar-refractivity contribution >= 4 is 17.9 Å². The number of rotatable bonds is 9. The second-order valence-electron chi connectivity index (χ2n) is 11.7. The van der Waals surface area contributed by atoms with Crippen LogP contribution in [0.2, 0.25) is 0 Å². The second kappa shape index (κ2) is 13.7. The lowest BCUT2D eigenvalue weighted by Crippen LogP contribution is -2.54. The maximum atomic E-state index is 14.3. The van der Waals surface area contributed by atoms with Crippen LogP contribution in [0, 0.1) is 13.8 Å². The zero-order chi connectivity index (χ0) is 29.4. The van der Waals surface area contributed by atoms with E-state index in [2.05, 4.69) is 10.6 Å². The summed E-state index contributed by atoms with van der Waals surface area (Å²) in [5, 5.41) is 15.7. The van der Waals surface area contributed by atoms with E-state index in [0.29, 0.717) is 0 Å². The molecular weight excluding hydrogens is 506 g/mol. The fraction of sp³-hybridized carbons (Fsp3) is 0.531. The number of hydrogen-bond donors (Lipinski definition) is 3. The number of likely N-dealkylation sites (N-methyl/N-ethyl adjacent to an activating group) is 1. The van der Waals surface area contributed by atoms with Gasteiger partial charge in [0.1, 0.15) is 23.4 Å². The molecule has 2 aromatic rings. The number of nitrogens with zero attached hydrogens (tertiary/aromatic N) is 1. The minimum Gasteiger partial charge on any atom is -0.508 e. The molecule has 0 bridgehead atoms. The molecule has 0 spiro atoms. The van der Waals surface area contributed by atoms with Crippen LogP contribution in [0.3, 0.4) is 0 Å². The Labute approximate surface area is 238 Å². The van der Waals surface area contributed by atoms with Crippen molar-refractivity contribution in [1.82, 2.24) is 15.5 Å². The molecule has 1 aliphatic rings. The number of nitrogens with one attached hydrogen (secondary N) is 2. The van der Waals surface area contributed by atoms with Gasteiger partial charge in [0.05, 0.1) is 0 Å². The van der Waals surface area contributed by atoms with Crippen molar-refractivity contribution in [1.29, 1.82) is 0 Å². The van der Waals surface area contributed by atoms with E-state index in [0.717, 1.165) is 47.9 Å². The first kappa shape index (κ1) is 31.0. The average Bonchev–Trinajstić information content (AvgIpc) is 2.89. The van der Waals surface area contributed by atoms with Gasteiger partial charge in [-0.15, -0.1) is 0 Å². The Balaban J connectivity index is 1.99. The summed E-state index contributed by atoms with van der Waals surface area (Å²) < 4.78 is 5.48. The summed E-state index contributed by atoms with van der Waals surface area (Å²) in [7, 11) is 0. The van der Waals surface area contributed by atoms with Crippen LogP contribution in [-0.4, -0.2) is 52.1 Å². The fourth-order valence-corrected chi connectivity index (χ4v) is 5.23. The van der Waals surface area contributed by atoms with Crippen molar-refractivity contribution in [3.05, 3.63) is 64.7 Å². The van der Waals surface area contributed by atoms with Crippen molar-refractivity contribution in [2.24, 2.45) is 0 Å². The Kier molecular flexibility index (Phi) is 10.6. The van der Waals surface area contributed by atoms with Gasteiger partial charge in [-0.05, 0) is 88.8 Å². The number of hydrogen-bond acceptors (Lipinski definition) is 5. The summed E-state index contributed by atoms with van der Waals surface area (Å²) >= 11 is 0. The standard InChI is InChI=1S/C32H45N3O5/c1-7-35(28(26-15-11-12-21(2)22(26)3)29(37)33-24-13-9-8-10-14-24)30(38)27(34-31(39)40-32(4,5)6)20-23-16-18-25(36)19-17-23/h11-12,15-19,24,27-28,36H,7-10,13-14,20H2,1-6H3,(H,33,37)(H,34,39). The van der Waals surface area contributed by atoms with Gasteiger partial charge in [0, 0.05) is 19.0 Å². The molecule has 0 radical (unpaired) electrons. The van der Waals surface area contributed by atoms with Gasteiger partial charge in [0.25, 0.3) is 0 Å². The molecule has 1 fully saturated rings. The number of aryl methyl sites for hydroxylation is 1. The highest BCUT2D eigenvalue weighted by Gasteiger charge is 2.37. The summed E-state index contributed by atoms with van der Waals surface area (Å²) in [6.07, 6.45) is 4.62. The zero-order valence-corrected chi connectivity index (χ0v) is 24.8. The molecule has 3 amide bonds. The van der Waals surface area contributed by atoms with Gasteiger partial charge in [-0.3, -0.25) is 9.59 Å². The molecule has 2 aromatic carbocycles. The molecule has 218 valence electrons. The third-order valence-electron chi connectivity index (χ3n) is 7.44. The summed E-state index contributed by atoms with van der Waals surface area (Å²) in [6.45, 7) is 11.3. The molecule has 3 N–H and O–H groups in total.